The fourth-order valence-electron chi connectivity index (χ4n) is 3.27. The van der Waals surface area contributed by atoms with Crippen LogP contribution in [-0.4, -0.2) is 24.9 Å². The first kappa shape index (κ1) is 14.1. The fraction of sp³-hybridized carbons (Fsp3) is 0.500. The van der Waals surface area contributed by atoms with E-state index < -0.39 is 11.8 Å². The van der Waals surface area contributed by atoms with Crippen molar-refractivity contribution in [1.82, 2.24) is 5.32 Å². The Bertz CT molecular complexity index is 547. The number of hydrogen-bond acceptors (Lipinski definition) is 3. The molecule has 1 saturated heterocycles. The second-order valence-corrected chi connectivity index (χ2v) is 5.98. The maximum atomic E-state index is 11.9. The SMILES string of the molecule is NC1(c2ccc(N3CCNC(=O)C3=O)cc2)CCCCC1. The molecule has 1 aliphatic carbocycles. The summed E-state index contributed by atoms with van der Waals surface area (Å²) in [6, 6.07) is 7.80. The smallest absolute Gasteiger partial charge is 0.316 e. The third kappa shape index (κ3) is 2.65. The van der Waals surface area contributed by atoms with Gasteiger partial charge in [-0.05, 0) is 30.5 Å². The summed E-state index contributed by atoms with van der Waals surface area (Å²) in [6.07, 6.45) is 5.62. The molecular formula is C16H21N3O2. The van der Waals surface area contributed by atoms with E-state index in [0.717, 1.165) is 24.1 Å². The molecule has 0 unspecified atom stereocenters. The van der Waals surface area contributed by atoms with Gasteiger partial charge in [0, 0.05) is 24.3 Å². The van der Waals surface area contributed by atoms with Gasteiger partial charge in [0.1, 0.15) is 0 Å². The molecule has 1 heterocycles. The molecule has 3 rings (SSSR count). The number of rotatable bonds is 2. The number of nitrogens with two attached hydrogens (primary N) is 1. The summed E-state index contributed by atoms with van der Waals surface area (Å²) in [6.45, 7) is 1.00. The number of carbonyl (C=O) groups excluding carboxylic acids is 2. The number of nitrogens with zero attached hydrogens (tertiary/aromatic N) is 1. The third-order valence-corrected chi connectivity index (χ3v) is 4.56. The van der Waals surface area contributed by atoms with Crippen LogP contribution in [0.4, 0.5) is 5.69 Å². The standard InChI is InChI=1S/C16H21N3O2/c17-16(8-2-1-3-9-16)12-4-6-13(7-5-12)19-11-10-18-14(20)15(19)21/h4-7H,1-3,8-11,17H2,(H,18,20). The first-order valence-electron chi connectivity index (χ1n) is 7.59. The molecule has 0 atom stereocenters. The van der Waals surface area contributed by atoms with Gasteiger partial charge in [-0.3, -0.25) is 9.59 Å². The maximum Gasteiger partial charge on any atom is 0.316 e. The predicted molar refractivity (Wildman–Crippen MR) is 80.8 cm³/mol. The van der Waals surface area contributed by atoms with Crippen molar-refractivity contribution in [2.45, 2.75) is 37.6 Å². The van der Waals surface area contributed by atoms with E-state index in [1.54, 1.807) is 0 Å². The molecule has 2 aliphatic rings. The highest BCUT2D eigenvalue weighted by molar-refractivity contribution is 6.41. The molecule has 5 heteroatoms. The Morgan fingerprint density at radius 3 is 2.38 bits per heavy atom. The van der Waals surface area contributed by atoms with E-state index in [1.807, 2.05) is 24.3 Å². The number of amides is 2. The Morgan fingerprint density at radius 2 is 1.71 bits per heavy atom. The quantitative estimate of drug-likeness (QED) is 0.804. The highest BCUT2D eigenvalue weighted by atomic mass is 16.2. The summed E-state index contributed by atoms with van der Waals surface area (Å²) in [5.41, 5.74) is 8.16. The molecule has 1 saturated carbocycles. The third-order valence-electron chi connectivity index (χ3n) is 4.56. The van der Waals surface area contributed by atoms with Crippen LogP contribution in [-0.2, 0) is 15.1 Å². The van der Waals surface area contributed by atoms with Crippen molar-refractivity contribution < 1.29 is 9.59 Å². The van der Waals surface area contributed by atoms with Crippen LogP contribution in [0.15, 0.2) is 24.3 Å². The summed E-state index contributed by atoms with van der Waals surface area (Å²) in [5, 5.41) is 2.55. The minimum Gasteiger partial charge on any atom is -0.346 e. The molecule has 1 aromatic carbocycles. The minimum atomic E-state index is -0.534. The van der Waals surface area contributed by atoms with Crippen LogP contribution in [0.1, 0.15) is 37.7 Å². The van der Waals surface area contributed by atoms with E-state index in [0.29, 0.717) is 13.1 Å². The van der Waals surface area contributed by atoms with Gasteiger partial charge in [-0.25, -0.2) is 0 Å². The Morgan fingerprint density at radius 1 is 1.05 bits per heavy atom. The van der Waals surface area contributed by atoms with Crippen LogP contribution in [0.2, 0.25) is 0 Å². The van der Waals surface area contributed by atoms with E-state index in [-0.39, 0.29) is 5.54 Å². The van der Waals surface area contributed by atoms with Crippen molar-refractivity contribution in [1.29, 1.82) is 0 Å². The minimum absolute atomic E-state index is 0.236. The lowest BCUT2D eigenvalue weighted by Crippen LogP contribution is -2.52. The van der Waals surface area contributed by atoms with Gasteiger partial charge in [0.2, 0.25) is 0 Å². The number of benzene rings is 1. The van der Waals surface area contributed by atoms with Crippen LogP contribution in [0.5, 0.6) is 0 Å². The van der Waals surface area contributed by atoms with Crippen molar-refractivity contribution >= 4 is 17.5 Å². The molecule has 1 aliphatic heterocycles. The van der Waals surface area contributed by atoms with Crippen molar-refractivity contribution in [3.63, 3.8) is 0 Å². The van der Waals surface area contributed by atoms with Gasteiger partial charge >= 0.3 is 11.8 Å². The Labute approximate surface area is 124 Å². The molecule has 21 heavy (non-hydrogen) atoms. The van der Waals surface area contributed by atoms with E-state index in [4.69, 9.17) is 5.73 Å². The number of carbonyl (C=O) groups is 2. The lowest BCUT2D eigenvalue weighted by molar-refractivity contribution is -0.138. The molecule has 0 spiro atoms. The van der Waals surface area contributed by atoms with Crippen molar-refractivity contribution in [2.24, 2.45) is 5.73 Å². The van der Waals surface area contributed by atoms with Crippen LogP contribution in [0, 0.1) is 0 Å². The zero-order valence-corrected chi connectivity index (χ0v) is 12.1. The first-order valence-corrected chi connectivity index (χ1v) is 7.59. The molecular weight excluding hydrogens is 266 g/mol. The highest BCUT2D eigenvalue weighted by Gasteiger charge is 2.30. The Hall–Kier alpha value is -1.88. The Kier molecular flexibility index (Phi) is 3.68. The molecule has 2 fully saturated rings. The van der Waals surface area contributed by atoms with Crippen molar-refractivity contribution in [3.8, 4) is 0 Å². The molecule has 1 aromatic rings. The van der Waals surface area contributed by atoms with Crippen LogP contribution >= 0.6 is 0 Å². The van der Waals surface area contributed by atoms with Crippen LogP contribution in [0.3, 0.4) is 0 Å². The molecule has 3 N–H and O–H groups in total. The van der Waals surface area contributed by atoms with E-state index in [1.165, 1.54) is 24.2 Å². The summed E-state index contributed by atoms with van der Waals surface area (Å²) in [4.78, 5) is 24.8. The average molecular weight is 287 g/mol. The molecule has 5 nitrogen and oxygen atoms in total. The second-order valence-electron chi connectivity index (χ2n) is 5.98. The fourth-order valence-corrected chi connectivity index (χ4v) is 3.27. The number of anilines is 1. The van der Waals surface area contributed by atoms with Gasteiger partial charge in [-0.2, -0.15) is 0 Å². The van der Waals surface area contributed by atoms with Gasteiger partial charge in [0.25, 0.3) is 0 Å². The van der Waals surface area contributed by atoms with Gasteiger partial charge < -0.3 is 16.0 Å². The topological polar surface area (TPSA) is 75.4 Å². The summed E-state index contributed by atoms with van der Waals surface area (Å²) >= 11 is 0. The predicted octanol–water partition coefficient (Wildman–Crippen LogP) is 1.27. The van der Waals surface area contributed by atoms with Crippen molar-refractivity contribution in [3.05, 3.63) is 29.8 Å². The molecule has 0 aromatic heterocycles. The number of nitrogens with one attached hydrogen (secondary N) is 1. The average Bonchev–Trinajstić information content (AvgIpc) is 2.51. The summed E-state index contributed by atoms with van der Waals surface area (Å²) in [7, 11) is 0. The summed E-state index contributed by atoms with van der Waals surface area (Å²) in [5.74, 6) is -1.03. The van der Waals surface area contributed by atoms with Gasteiger partial charge in [-0.15, -0.1) is 0 Å². The lowest BCUT2D eigenvalue weighted by Gasteiger charge is -2.34. The molecule has 112 valence electrons. The van der Waals surface area contributed by atoms with E-state index >= 15 is 0 Å². The van der Waals surface area contributed by atoms with Gasteiger partial charge in [0.05, 0.1) is 0 Å². The maximum absolute atomic E-state index is 11.9. The normalized spacial score (nSPS) is 22.0. The van der Waals surface area contributed by atoms with Gasteiger partial charge in [0.15, 0.2) is 0 Å². The number of hydrogen-bond donors (Lipinski definition) is 2. The van der Waals surface area contributed by atoms with E-state index in [2.05, 4.69) is 5.32 Å². The molecule has 0 bridgehead atoms. The summed E-state index contributed by atoms with van der Waals surface area (Å²) < 4.78 is 0. The van der Waals surface area contributed by atoms with Crippen molar-refractivity contribution in [2.75, 3.05) is 18.0 Å². The number of piperazine rings is 1. The Balaban J connectivity index is 1.80. The highest BCUT2D eigenvalue weighted by Crippen LogP contribution is 2.35. The molecule has 2 amide bonds. The monoisotopic (exact) mass is 287 g/mol. The lowest BCUT2D eigenvalue weighted by atomic mass is 9.77. The second kappa shape index (κ2) is 5.48. The largest absolute Gasteiger partial charge is 0.346 e. The zero-order valence-electron chi connectivity index (χ0n) is 12.1. The zero-order chi connectivity index (χ0) is 14.9. The molecule has 0 radical (unpaired) electrons. The van der Waals surface area contributed by atoms with Crippen LogP contribution in [0.25, 0.3) is 0 Å². The van der Waals surface area contributed by atoms with Gasteiger partial charge in [-0.1, -0.05) is 31.4 Å². The van der Waals surface area contributed by atoms with Crippen LogP contribution < -0.4 is 16.0 Å². The first-order chi connectivity index (χ1) is 10.1. The van der Waals surface area contributed by atoms with E-state index in [9.17, 15) is 9.59 Å².